The highest BCUT2D eigenvalue weighted by Crippen LogP contribution is 2.28. The maximum atomic E-state index is 12.4. The number of oxime groups is 1. The van der Waals surface area contributed by atoms with Crippen molar-refractivity contribution in [3.63, 3.8) is 0 Å². The number of hydrogen-bond acceptors (Lipinski definition) is 2. The summed E-state index contributed by atoms with van der Waals surface area (Å²) in [5, 5.41) is 3.76. The van der Waals surface area contributed by atoms with Crippen molar-refractivity contribution in [1.82, 2.24) is 0 Å². The first kappa shape index (κ1) is 15.1. The minimum Gasteiger partial charge on any atom is -0.391 e. The van der Waals surface area contributed by atoms with E-state index in [2.05, 4.69) is 5.16 Å². The Morgan fingerprint density at radius 1 is 1.05 bits per heavy atom. The van der Waals surface area contributed by atoms with Crippen LogP contribution in [-0.4, -0.2) is 6.21 Å². The van der Waals surface area contributed by atoms with Crippen LogP contribution < -0.4 is 0 Å². The lowest BCUT2D eigenvalue weighted by Gasteiger charge is -2.06. The van der Waals surface area contributed by atoms with E-state index in [0.717, 1.165) is 23.3 Å². The molecule has 0 aliphatic rings. The first-order chi connectivity index (χ1) is 9.97. The molecule has 0 saturated carbocycles. The van der Waals surface area contributed by atoms with Gasteiger partial charge < -0.3 is 4.84 Å². The van der Waals surface area contributed by atoms with Crippen molar-refractivity contribution in [3.8, 4) is 0 Å². The molecule has 0 bridgehead atoms. The topological polar surface area (TPSA) is 21.6 Å². The molecule has 0 radical (unpaired) electrons. The number of rotatable bonds is 4. The van der Waals surface area contributed by atoms with E-state index in [0.29, 0.717) is 12.2 Å². The number of benzene rings is 2. The number of halogens is 3. The minimum absolute atomic E-state index is 0.323. The lowest BCUT2D eigenvalue weighted by Crippen LogP contribution is -2.04. The van der Waals surface area contributed by atoms with Gasteiger partial charge in [0.1, 0.15) is 6.61 Å². The SMILES string of the molecule is Cc1ccccc1CON=Cc1ccc(C(F)(F)F)cc1. The van der Waals surface area contributed by atoms with Gasteiger partial charge in [0.25, 0.3) is 0 Å². The van der Waals surface area contributed by atoms with Crippen molar-refractivity contribution in [2.75, 3.05) is 0 Å². The Balaban J connectivity index is 1.92. The summed E-state index contributed by atoms with van der Waals surface area (Å²) >= 11 is 0. The van der Waals surface area contributed by atoms with Crippen LogP contribution in [-0.2, 0) is 17.6 Å². The molecule has 2 rings (SSSR count). The monoisotopic (exact) mass is 293 g/mol. The smallest absolute Gasteiger partial charge is 0.391 e. The normalized spacial score (nSPS) is 11.8. The van der Waals surface area contributed by atoms with Gasteiger partial charge in [0.15, 0.2) is 0 Å². The van der Waals surface area contributed by atoms with Gasteiger partial charge in [-0.2, -0.15) is 13.2 Å². The first-order valence-corrected chi connectivity index (χ1v) is 6.34. The Morgan fingerprint density at radius 2 is 1.71 bits per heavy atom. The number of aryl methyl sites for hydroxylation is 1. The van der Waals surface area contributed by atoms with E-state index in [1.807, 2.05) is 31.2 Å². The highest BCUT2D eigenvalue weighted by atomic mass is 19.4. The molecule has 2 aromatic carbocycles. The molecule has 0 amide bonds. The van der Waals surface area contributed by atoms with E-state index >= 15 is 0 Å². The zero-order chi connectivity index (χ0) is 15.3. The molecule has 2 aromatic rings. The van der Waals surface area contributed by atoms with E-state index in [4.69, 9.17) is 4.84 Å². The fourth-order valence-corrected chi connectivity index (χ4v) is 1.74. The molecular weight excluding hydrogens is 279 g/mol. The predicted molar refractivity (Wildman–Crippen MR) is 75.0 cm³/mol. The van der Waals surface area contributed by atoms with Gasteiger partial charge in [-0.3, -0.25) is 0 Å². The summed E-state index contributed by atoms with van der Waals surface area (Å²) in [6.07, 6.45) is -2.94. The van der Waals surface area contributed by atoms with Crippen molar-refractivity contribution in [1.29, 1.82) is 0 Å². The average Bonchev–Trinajstić information content (AvgIpc) is 2.45. The summed E-state index contributed by atoms with van der Waals surface area (Å²) in [6, 6.07) is 12.5. The van der Waals surface area contributed by atoms with Crippen LogP contribution >= 0.6 is 0 Å². The van der Waals surface area contributed by atoms with E-state index in [1.165, 1.54) is 18.3 Å². The van der Waals surface area contributed by atoms with E-state index < -0.39 is 11.7 Å². The van der Waals surface area contributed by atoms with Gasteiger partial charge in [0.05, 0.1) is 11.8 Å². The van der Waals surface area contributed by atoms with E-state index in [9.17, 15) is 13.2 Å². The standard InChI is InChI=1S/C16H14F3NO/c1-12-4-2-3-5-14(12)11-21-20-10-13-6-8-15(9-7-13)16(17,18)19/h2-10H,11H2,1H3. The molecule has 0 aliphatic heterocycles. The molecule has 110 valence electrons. The average molecular weight is 293 g/mol. The third-order valence-electron chi connectivity index (χ3n) is 3.00. The van der Waals surface area contributed by atoms with E-state index in [1.54, 1.807) is 0 Å². The summed E-state index contributed by atoms with van der Waals surface area (Å²) in [5.74, 6) is 0. The summed E-state index contributed by atoms with van der Waals surface area (Å²) in [6.45, 7) is 2.29. The molecule has 0 aromatic heterocycles. The first-order valence-electron chi connectivity index (χ1n) is 6.34. The maximum Gasteiger partial charge on any atom is 0.416 e. The van der Waals surface area contributed by atoms with Crippen molar-refractivity contribution in [2.45, 2.75) is 19.7 Å². The van der Waals surface area contributed by atoms with Crippen molar-refractivity contribution in [2.24, 2.45) is 5.16 Å². The fraction of sp³-hybridized carbons (Fsp3) is 0.188. The van der Waals surface area contributed by atoms with Crippen LogP contribution in [0.4, 0.5) is 13.2 Å². The molecule has 21 heavy (non-hydrogen) atoms. The zero-order valence-electron chi connectivity index (χ0n) is 11.4. The molecule has 0 atom stereocenters. The highest BCUT2D eigenvalue weighted by Gasteiger charge is 2.29. The molecule has 2 nitrogen and oxygen atoms in total. The third-order valence-corrected chi connectivity index (χ3v) is 3.00. The van der Waals surface area contributed by atoms with Crippen LogP contribution in [0.5, 0.6) is 0 Å². The number of nitrogens with zero attached hydrogens (tertiary/aromatic N) is 1. The fourth-order valence-electron chi connectivity index (χ4n) is 1.74. The second-order valence-electron chi connectivity index (χ2n) is 4.55. The van der Waals surface area contributed by atoms with Crippen LogP contribution in [0.2, 0.25) is 0 Å². The Bertz CT molecular complexity index is 618. The second-order valence-corrected chi connectivity index (χ2v) is 4.55. The van der Waals surface area contributed by atoms with Gasteiger partial charge in [-0.05, 0) is 35.7 Å². The third kappa shape index (κ3) is 4.34. The summed E-state index contributed by atoms with van der Waals surface area (Å²) in [5.41, 5.74) is 1.98. The lowest BCUT2D eigenvalue weighted by atomic mass is 10.1. The number of alkyl halides is 3. The van der Waals surface area contributed by atoms with Crippen molar-refractivity contribution >= 4 is 6.21 Å². The zero-order valence-corrected chi connectivity index (χ0v) is 11.4. The van der Waals surface area contributed by atoms with Gasteiger partial charge in [0, 0.05) is 0 Å². The molecule has 0 aliphatic carbocycles. The maximum absolute atomic E-state index is 12.4. The van der Waals surface area contributed by atoms with Crippen LogP contribution in [0.1, 0.15) is 22.3 Å². The molecule has 0 unspecified atom stereocenters. The molecule has 0 N–H and O–H groups in total. The second kappa shape index (κ2) is 6.43. The summed E-state index contributed by atoms with van der Waals surface area (Å²) in [4.78, 5) is 5.15. The Hall–Kier alpha value is -2.30. The largest absolute Gasteiger partial charge is 0.416 e. The highest BCUT2D eigenvalue weighted by molar-refractivity contribution is 5.79. The molecule has 0 heterocycles. The molecule has 0 spiro atoms. The molecule has 5 heteroatoms. The van der Waals surface area contributed by atoms with Gasteiger partial charge in [-0.25, -0.2) is 0 Å². The van der Waals surface area contributed by atoms with Gasteiger partial charge >= 0.3 is 6.18 Å². The molecule has 0 saturated heterocycles. The van der Waals surface area contributed by atoms with Gasteiger partial charge in [0.2, 0.25) is 0 Å². The predicted octanol–water partition coefficient (Wildman–Crippen LogP) is 4.56. The summed E-state index contributed by atoms with van der Waals surface area (Å²) in [7, 11) is 0. The van der Waals surface area contributed by atoms with Crippen LogP contribution in [0.3, 0.4) is 0 Å². The molecule has 0 fully saturated rings. The van der Waals surface area contributed by atoms with Crippen molar-refractivity contribution < 1.29 is 18.0 Å². The van der Waals surface area contributed by atoms with Crippen LogP contribution in [0.25, 0.3) is 0 Å². The van der Waals surface area contributed by atoms with Gasteiger partial charge in [-0.1, -0.05) is 41.6 Å². The van der Waals surface area contributed by atoms with Crippen LogP contribution in [0.15, 0.2) is 53.7 Å². The van der Waals surface area contributed by atoms with Crippen molar-refractivity contribution in [3.05, 3.63) is 70.8 Å². The number of hydrogen-bond donors (Lipinski definition) is 0. The Kier molecular flexibility index (Phi) is 4.62. The van der Waals surface area contributed by atoms with Gasteiger partial charge in [-0.15, -0.1) is 0 Å². The minimum atomic E-state index is -4.32. The Morgan fingerprint density at radius 3 is 2.33 bits per heavy atom. The Labute approximate surface area is 120 Å². The lowest BCUT2D eigenvalue weighted by molar-refractivity contribution is -0.137. The summed E-state index contributed by atoms with van der Waals surface area (Å²) < 4.78 is 37.2. The van der Waals surface area contributed by atoms with E-state index in [-0.39, 0.29) is 0 Å². The quantitative estimate of drug-likeness (QED) is 0.598. The van der Waals surface area contributed by atoms with Crippen LogP contribution in [0, 0.1) is 6.92 Å². The molecular formula is C16H14F3NO.